The van der Waals surface area contributed by atoms with E-state index >= 15 is 0 Å². The van der Waals surface area contributed by atoms with E-state index in [2.05, 4.69) is 19.6 Å². The van der Waals surface area contributed by atoms with E-state index in [1.807, 2.05) is 0 Å². The first-order chi connectivity index (χ1) is 13.2. The number of aromatic nitrogens is 2. The molecule has 1 N–H and O–H groups in total. The highest BCUT2D eigenvalue weighted by Gasteiger charge is 2.27. The van der Waals surface area contributed by atoms with Gasteiger partial charge in [0.05, 0.1) is 0 Å². The van der Waals surface area contributed by atoms with Crippen LogP contribution < -0.4 is 10.2 Å². The summed E-state index contributed by atoms with van der Waals surface area (Å²) >= 11 is 1.43. The summed E-state index contributed by atoms with van der Waals surface area (Å²) in [7, 11) is 0. The fourth-order valence-electron chi connectivity index (χ4n) is 3.62. The van der Waals surface area contributed by atoms with Crippen LogP contribution in [0.15, 0.2) is 24.3 Å². The van der Waals surface area contributed by atoms with Gasteiger partial charge in [0.25, 0.3) is 0 Å². The SMILES string of the molecule is O=C(NCC1CCN(c2nc(Cc3ccc(F)cc3)ns2)CC1)C1CCC1. The third-order valence-electron chi connectivity index (χ3n) is 5.66. The number of nitrogens with one attached hydrogen (secondary N) is 1. The molecule has 2 fully saturated rings. The second-order valence-corrected chi connectivity index (χ2v) is 8.33. The number of amides is 1. The summed E-state index contributed by atoms with van der Waals surface area (Å²) in [6.07, 6.45) is 6.07. The number of rotatable bonds is 6. The normalized spacial score (nSPS) is 18.3. The number of piperidine rings is 1. The van der Waals surface area contributed by atoms with Gasteiger partial charge >= 0.3 is 0 Å². The van der Waals surface area contributed by atoms with Crippen LogP contribution in [0.3, 0.4) is 0 Å². The van der Waals surface area contributed by atoms with Crippen LogP contribution in [0.25, 0.3) is 0 Å². The fourth-order valence-corrected chi connectivity index (χ4v) is 4.35. The standard InChI is InChI=1S/C20H25FN4OS/c21-17-6-4-14(5-7-17)12-18-23-20(27-24-18)25-10-8-15(9-11-25)13-22-19(26)16-2-1-3-16/h4-7,15-16H,1-3,8-13H2,(H,22,26). The molecule has 27 heavy (non-hydrogen) atoms. The Hall–Kier alpha value is -2.02. The molecule has 0 bridgehead atoms. The average molecular weight is 389 g/mol. The maximum atomic E-state index is 13.0. The number of carbonyl (C=O) groups is 1. The van der Waals surface area contributed by atoms with Crippen LogP contribution in [-0.2, 0) is 11.2 Å². The molecule has 1 aromatic carbocycles. The molecular weight excluding hydrogens is 363 g/mol. The maximum Gasteiger partial charge on any atom is 0.223 e. The van der Waals surface area contributed by atoms with Crippen molar-refractivity contribution in [3.8, 4) is 0 Å². The van der Waals surface area contributed by atoms with Gasteiger partial charge in [-0.2, -0.15) is 4.37 Å². The number of carbonyl (C=O) groups excluding carboxylic acids is 1. The van der Waals surface area contributed by atoms with Gasteiger partial charge in [-0.05, 0) is 49.3 Å². The van der Waals surface area contributed by atoms with Crippen molar-refractivity contribution in [1.82, 2.24) is 14.7 Å². The summed E-state index contributed by atoms with van der Waals surface area (Å²) in [5, 5.41) is 4.10. The Bertz CT molecular complexity index is 767. The first-order valence-corrected chi connectivity index (χ1v) is 10.5. The van der Waals surface area contributed by atoms with Crippen LogP contribution in [0.1, 0.15) is 43.5 Å². The number of hydrogen-bond acceptors (Lipinski definition) is 5. The van der Waals surface area contributed by atoms with Gasteiger partial charge in [0.15, 0.2) is 0 Å². The number of hydrogen-bond donors (Lipinski definition) is 1. The van der Waals surface area contributed by atoms with Crippen LogP contribution in [0, 0.1) is 17.7 Å². The van der Waals surface area contributed by atoms with E-state index in [1.54, 1.807) is 12.1 Å². The van der Waals surface area contributed by atoms with Gasteiger partial charge in [0.1, 0.15) is 11.6 Å². The molecule has 1 saturated heterocycles. The Kier molecular flexibility index (Phi) is 5.66. The lowest BCUT2D eigenvalue weighted by Gasteiger charge is -2.32. The second-order valence-electron chi connectivity index (χ2n) is 7.60. The predicted octanol–water partition coefficient (Wildman–Crippen LogP) is 3.40. The van der Waals surface area contributed by atoms with Crippen molar-refractivity contribution in [2.45, 2.75) is 38.5 Å². The van der Waals surface area contributed by atoms with Gasteiger partial charge in [0.2, 0.25) is 11.0 Å². The molecule has 1 saturated carbocycles. The highest BCUT2D eigenvalue weighted by molar-refractivity contribution is 7.09. The van der Waals surface area contributed by atoms with E-state index < -0.39 is 0 Å². The summed E-state index contributed by atoms with van der Waals surface area (Å²) in [5.41, 5.74) is 1.02. The molecule has 0 unspecified atom stereocenters. The van der Waals surface area contributed by atoms with Gasteiger partial charge in [-0.1, -0.05) is 18.6 Å². The van der Waals surface area contributed by atoms with Gasteiger partial charge in [-0.25, -0.2) is 9.37 Å². The van der Waals surface area contributed by atoms with Gasteiger partial charge in [-0.3, -0.25) is 4.79 Å². The topological polar surface area (TPSA) is 58.1 Å². The third-order valence-corrected chi connectivity index (χ3v) is 6.47. The summed E-state index contributed by atoms with van der Waals surface area (Å²) in [5.74, 6) is 1.63. The van der Waals surface area contributed by atoms with E-state index in [-0.39, 0.29) is 17.6 Å². The molecular formula is C20H25FN4OS. The van der Waals surface area contributed by atoms with Crippen molar-refractivity contribution in [2.75, 3.05) is 24.5 Å². The van der Waals surface area contributed by atoms with Gasteiger partial charge in [-0.15, -0.1) is 0 Å². The van der Waals surface area contributed by atoms with E-state index in [0.29, 0.717) is 12.3 Å². The molecule has 5 nitrogen and oxygen atoms in total. The first kappa shape index (κ1) is 18.3. The average Bonchev–Trinajstić information content (AvgIpc) is 3.09. The molecule has 4 rings (SSSR count). The first-order valence-electron chi connectivity index (χ1n) is 9.77. The van der Waals surface area contributed by atoms with Gasteiger partial charge < -0.3 is 10.2 Å². The third kappa shape index (κ3) is 4.64. The molecule has 2 heterocycles. The Balaban J connectivity index is 1.24. The molecule has 7 heteroatoms. The minimum absolute atomic E-state index is 0.225. The van der Waals surface area contributed by atoms with E-state index in [9.17, 15) is 9.18 Å². The van der Waals surface area contributed by atoms with E-state index in [1.165, 1.54) is 30.1 Å². The highest BCUT2D eigenvalue weighted by atomic mass is 32.1. The zero-order valence-corrected chi connectivity index (χ0v) is 16.2. The van der Waals surface area contributed by atoms with Crippen molar-refractivity contribution in [3.05, 3.63) is 41.5 Å². The second kappa shape index (κ2) is 8.33. The minimum atomic E-state index is -0.225. The number of nitrogens with zero attached hydrogens (tertiary/aromatic N) is 3. The van der Waals surface area contributed by atoms with Crippen molar-refractivity contribution >= 4 is 22.6 Å². The summed E-state index contributed by atoms with van der Waals surface area (Å²) in [6.45, 7) is 2.71. The molecule has 0 radical (unpaired) electrons. The smallest absolute Gasteiger partial charge is 0.223 e. The van der Waals surface area contributed by atoms with Crippen LogP contribution in [0.4, 0.5) is 9.52 Å². The van der Waals surface area contributed by atoms with Crippen molar-refractivity contribution < 1.29 is 9.18 Å². The Morgan fingerprint density at radius 2 is 1.93 bits per heavy atom. The van der Waals surface area contributed by atoms with Crippen molar-refractivity contribution in [1.29, 1.82) is 0 Å². The lowest BCUT2D eigenvalue weighted by molar-refractivity contribution is -0.127. The predicted molar refractivity (Wildman–Crippen MR) is 104 cm³/mol. The lowest BCUT2D eigenvalue weighted by atomic mass is 9.84. The van der Waals surface area contributed by atoms with E-state index in [4.69, 9.17) is 0 Å². The van der Waals surface area contributed by atoms with Crippen LogP contribution >= 0.6 is 11.5 Å². The molecule has 1 amide bonds. The van der Waals surface area contributed by atoms with Crippen LogP contribution in [0.5, 0.6) is 0 Å². The zero-order chi connectivity index (χ0) is 18.6. The molecule has 1 aromatic heterocycles. The number of benzene rings is 1. The van der Waals surface area contributed by atoms with Crippen LogP contribution in [-0.4, -0.2) is 34.9 Å². The monoisotopic (exact) mass is 388 g/mol. The summed E-state index contributed by atoms with van der Waals surface area (Å²) < 4.78 is 17.5. The summed E-state index contributed by atoms with van der Waals surface area (Å²) in [6, 6.07) is 6.49. The minimum Gasteiger partial charge on any atom is -0.356 e. The van der Waals surface area contributed by atoms with Gasteiger partial charge in [0, 0.05) is 43.5 Å². The zero-order valence-electron chi connectivity index (χ0n) is 15.4. The Morgan fingerprint density at radius 3 is 2.59 bits per heavy atom. The lowest BCUT2D eigenvalue weighted by Crippen LogP contribution is -2.41. The van der Waals surface area contributed by atoms with E-state index in [0.717, 1.165) is 61.8 Å². The molecule has 1 aliphatic heterocycles. The summed E-state index contributed by atoms with van der Waals surface area (Å²) in [4.78, 5) is 18.9. The molecule has 1 aliphatic carbocycles. The largest absolute Gasteiger partial charge is 0.356 e. The quantitative estimate of drug-likeness (QED) is 0.824. The maximum absolute atomic E-state index is 13.0. The van der Waals surface area contributed by atoms with Crippen LogP contribution in [0.2, 0.25) is 0 Å². The number of anilines is 1. The van der Waals surface area contributed by atoms with Crippen molar-refractivity contribution in [2.24, 2.45) is 11.8 Å². The molecule has 144 valence electrons. The highest BCUT2D eigenvalue weighted by Crippen LogP contribution is 2.27. The molecule has 0 spiro atoms. The Morgan fingerprint density at radius 1 is 1.19 bits per heavy atom. The molecule has 0 atom stereocenters. The number of halogens is 1. The fraction of sp³-hybridized carbons (Fsp3) is 0.550. The Labute approximate surface area is 163 Å². The molecule has 2 aromatic rings. The van der Waals surface area contributed by atoms with Crippen molar-refractivity contribution in [3.63, 3.8) is 0 Å². The molecule has 2 aliphatic rings.